The molecule has 0 amide bonds. The lowest BCUT2D eigenvalue weighted by molar-refractivity contribution is 0.837. The number of benzene rings is 1. The summed E-state index contributed by atoms with van der Waals surface area (Å²) in [5.74, 6) is 0. The number of rotatable bonds is 4. The van der Waals surface area contributed by atoms with Crippen molar-refractivity contribution in [2.24, 2.45) is 7.05 Å². The van der Waals surface area contributed by atoms with Crippen molar-refractivity contribution in [3.8, 4) is 5.69 Å². The molecule has 3 rings (SSSR count). The van der Waals surface area contributed by atoms with Crippen LogP contribution in [-0.4, -0.2) is 19.3 Å². The van der Waals surface area contributed by atoms with Crippen LogP contribution in [0.4, 0.5) is 5.69 Å². The Kier molecular flexibility index (Phi) is 3.02. The van der Waals surface area contributed by atoms with Crippen LogP contribution in [0.3, 0.4) is 0 Å². The third-order valence-electron chi connectivity index (χ3n) is 3.03. The number of aryl methyl sites for hydroxylation is 1. The van der Waals surface area contributed by atoms with Crippen molar-refractivity contribution in [1.29, 1.82) is 0 Å². The van der Waals surface area contributed by atoms with Gasteiger partial charge in [-0.15, -0.1) is 0 Å². The van der Waals surface area contributed by atoms with Crippen molar-refractivity contribution in [2.75, 3.05) is 5.32 Å². The normalized spacial score (nSPS) is 10.6. The molecule has 0 aliphatic heterocycles. The summed E-state index contributed by atoms with van der Waals surface area (Å²) >= 11 is 0. The molecule has 0 spiro atoms. The second-order valence-electron chi connectivity index (χ2n) is 4.35. The highest BCUT2D eigenvalue weighted by Crippen LogP contribution is 2.13. The minimum atomic E-state index is 0.762. The first-order chi connectivity index (χ1) is 9.33. The van der Waals surface area contributed by atoms with Gasteiger partial charge in [0, 0.05) is 31.3 Å². The number of hydrogen-bond donors (Lipinski definition) is 1. The van der Waals surface area contributed by atoms with Crippen LogP contribution in [0.15, 0.2) is 55.2 Å². The third kappa shape index (κ3) is 2.49. The topological polar surface area (TPSA) is 47.7 Å². The Balaban J connectivity index is 1.68. The van der Waals surface area contributed by atoms with E-state index in [0.29, 0.717) is 0 Å². The van der Waals surface area contributed by atoms with Crippen molar-refractivity contribution >= 4 is 5.69 Å². The van der Waals surface area contributed by atoms with Crippen LogP contribution < -0.4 is 5.32 Å². The van der Waals surface area contributed by atoms with E-state index in [9.17, 15) is 0 Å². The Bertz CT molecular complexity index is 637. The van der Waals surface area contributed by atoms with Gasteiger partial charge in [-0.3, -0.25) is 0 Å². The zero-order valence-corrected chi connectivity index (χ0v) is 10.7. The van der Waals surface area contributed by atoms with Gasteiger partial charge in [0.25, 0.3) is 0 Å². The number of hydrogen-bond acceptors (Lipinski definition) is 3. The summed E-state index contributed by atoms with van der Waals surface area (Å²) in [6.07, 6.45) is 7.37. The van der Waals surface area contributed by atoms with E-state index in [2.05, 4.69) is 15.4 Å². The van der Waals surface area contributed by atoms with Gasteiger partial charge in [-0.1, -0.05) is 0 Å². The molecule has 1 N–H and O–H groups in total. The molecule has 5 nitrogen and oxygen atoms in total. The largest absolute Gasteiger partial charge is 0.379 e. The molecule has 0 unspecified atom stereocenters. The van der Waals surface area contributed by atoms with E-state index in [1.165, 1.54) is 0 Å². The molecule has 0 aliphatic rings. The van der Waals surface area contributed by atoms with Crippen LogP contribution in [0.2, 0.25) is 0 Å². The molecule has 1 aromatic carbocycles. The number of imidazole rings is 1. The van der Waals surface area contributed by atoms with Gasteiger partial charge in [-0.05, 0) is 30.3 Å². The highest BCUT2D eigenvalue weighted by atomic mass is 15.3. The minimum absolute atomic E-state index is 0.762. The molecule has 0 radical (unpaired) electrons. The predicted octanol–water partition coefficient (Wildman–Crippen LogP) is 2.22. The summed E-state index contributed by atoms with van der Waals surface area (Å²) in [7, 11) is 1.99. The number of nitrogens with zero attached hydrogens (tertiary/aromatic N) is 4. The second kappa shape index (κ2) is 4.97. The first kappa shape index (κ1) is 11.5. The summed E-state index contributed by atoms with van der Waals surface area (Å²) in [6, 6.07) is 10.1. The van der Waals surface area contributed by atoms with E-state index < -0.39 is 0 Å². The molecule has 0 aliphatic carbocycles. The van der Waals surface area contributed by atoms with Gasteiger partial charge < -0.3 is 9.88 Å². The van der Waals surface area contributed by atoms with Crippen molar-refractivity contribution in [2.45, 2.75) is 6.54 Å². The molecule has 19 heavy (non-hydrogen) atoms. The second-order valence-corrected chi connectivity index (χ2v) is 4.35. The molecule has 0 saturated heterocycles. The molecule has 2 heterocycles. The predicted molar refractivity (Wildman–Crippen MR) is 74.1 cm³/mol. The van der Waals surface area contributed by atoms with Gasteiger partial charge in [0.2, 0.25) is 0 Å². The number of nitrogens with one attached hydrogen (secondary N) is 1. The van der Waals surface area contributed by atoms with E-state index in [4.69, 9.17) is 0 Å². The molecular formula is C14H15N5. The maximum Gasteiger partial charge on any atom is 0.0946 e. The minimum Gasteiger partial charge on any atom is -0.379 e. The summed E-state index contributed by atoms with van der Waals surface area (Å²) in [6.45, 7) is 0.762. The van der Waals surface area contributed by atoms with Gasteiger partial charge in [0.05, 0.1) is 24.3 Å². The lowest BCUT2D eigenvalue weighted by Crippen LogP contribution is -2.04. The zero-order valence-electron chi connectivity index (χ0n) is 10.7. The Hall–Kier alpha value is -2.56. The molecule has 96 valence electrons. The van der Waals surface area contributed by atoms with Crippen molar-refractivity contribution in [3.63, 3.8) is 0 Å². The van der Waals surface area contributed by atoms with E-state index in [-0.39, 0.29) is 0 Å². The van der Waals surface area contributed by atoms with E-state index in [0.717, 1.165) is 23.6 Å². The molecule has 3 aromatic rings. The average molecular weight is 253 g/mol. The molecule has 5 heteroatoms. The first-order valence-electron chi connectivity index (χ1n) is 6.12. The maximum absolute atomic E-state index is 4.20. The Labute approximate surface area is 111 Å². The third-order valence-corrected chi connectivity index (χ3v) is 3.03. The fraction of sp³-hybridized carbons (Fsp3) is 0.143. The van der Waals surface area contributed by atoms with E-state index in [1.807, 2.05) is 59.0 Å². The van der Waals surface area contributed by atoms with Crippen LogP contribution in [0.25, 0.3) is 5.69 Å². The quantitative estimate of drug-likeness (QED) is 0.775. The van der Waals surface area contributed by atoms with Crippen LogP contribution >= 0.6 is 0 Å². The monoisotopic (exact) mass is 253 g/mol. The maximum atomic E-state index is 4.20. The number of aromatic nitrogens is 4. The molecule has 0 atom stereocenters. The molecule has 2 aromatic heterocycles. The van der Waals surface area contributed by atoms with Crippen LogP contribution in [-0.2, 0) is 13.6 Å². The number of anilines is 1. The van der Waals surface area contributed by atoms with Crippen LogP contribution in [0.5, 0.6) is 0 Å². The highest BCUT2D eigenvalue weighted by Gasteiger charge is 1.99. The summed E-state index contributed by atoms with van der Waals surface area (Å²) in [5, 5.41) is 7.57. The fourth-order valence-electron chi connectivity index (χ4n) is 1.90. The van der Waals surface area contributed by atoms with Gasteiger partial charge in [0.1, 0.15) is 0 Å². The SMILES string of the molecule is Cn1cncc1CNc1ccc(-n2cccn2)cc1. The van der Waals surface area contributed by atoms with Crippen molar-refractivity contribution in [1.82, 2.24) is 19.3 Å². The van der Waals surface area contributed by atoms with Gasteiger partial charge in [-0.2, -0.15) is 5.10 Å². The molecule has 0 saturated carbocycles. The molecule has 0 bridgehead atoms. The van der Waals surface area contributed by atoms with E-state index in [1.54, 1.807) is 12.5 Å². The fourth-order valence-corrected chi connectivity index (χ4v) is 1.90. The lowest BCUT2D eigenvalue weighted by atomic mass is 10.2. The van der Waals surface area contributed by atoms with Crippen molar-refractivity contribution < 1.29 is 0 Å². The Morgan fingerprint density at radius 1 is 1.21 bits per heavy atom. The summed E-state index contributed by atoms with van der Waals surface area (Å²) < 4.78 is 3.84. The van der Waals surface area contributed by atoms with Crippen LogP contribution in [0, 0.1) is 0 Å². The smallest absolute Gasteiger partial charge is 0.0946 e. The van der Waals surface area contributed by atoms with E-state index >= 15 is 0 Å². The molecular weight excluding hydrogens is 238 g/mol. The first-order valence-corrected chi connectivity index (χ1v) is 6.12. The van der Waals surface area contributed by atoms with Crippen molar-refractivity contribution in [3.05, 3.63) is 60.9 Å². The lowest BCUT2D eigenvalue weighted by Gasteiger charge is -2.08. The summed E-state index contributed by atoms with van der Waals surface area (Å²) in [5.41, 5.74) is 3.28. The van der Waals surface area contributed by atoms with Gasteiger partial charge in [0.15, 0.2) is 0 Å². The zero-order chi connectivity index (χ0) is 13.1. The summed E-state index contributed by atoms with van der Waals surface area (Å²) in [4.78, 5) is 4.09. The van der Waals surface area contributed by atoms with Gasteiger partial charge >= 0.3 is 0 Å². The van der Waals surface area contributed by atoms with Crippen LogP contribution in [0.1, 0.15) is 5.69 Å². The average Bonchev–Trinajstić information content (AvgIpc) is 3.09. The van der Waals surface area contributed by atoms with Gasteiger partial charge in [-0.25, -0.2) is 9.67 Å². The Morgan fingerprint density at radius 2 is 2.05 bits per heavy atom. The highest BCUT2D eigenvalue weighted by molar-refractivity contribution is 5.48. The molecule has 0 fully saturated rings. The Morgan fingerprint density at radius 3 is 2.68 bits per heavy atom. The standard InChI is InChI=1S/C14H15N5/c1-18-11-15-9-14(18)10-16-12-3-5-13(6-4-12)19-8-2-7-17-19/h2-9,11,16H,10H2,1H3.